The first-order chi connectivity index (χ1) is 18.5. The summed E-state index contributed by atoms with van der Waals surface area (Å²) < 4.78 is 16.6. The number of esters is 1. The van der Waals surface area contributed by atoms with Crippen LogP contribution >= 0.6 is 0 Å². The van der Waals surface area contributed by atoms with Gasteiger partial charge in [-0.15, -0.1) is 0 Å². The molecule has 4 rings (SSSR count). The molecule has 6 atom stereocenters. The van der Waals surface area contributed by atoms with Gasteiger partial charge in [-0.3, -0.25) is 19.2 Å². The third kappa shape index (κ3) is 5.20. The summed E-state index contributed by atoms with van der Waals surface area (Å²) in [6.07, 6.45) is 7.78. The lowest BCUT2D eigenvalue weighted by Crippen LogP contribution is -2.62. The molecule has 0 heterocycles. The Balaban J connectivity index is 1.64. The van der Waals surface area contributed by atoms with E-state index in [0.717, 1.165) is 31.3 Å². The van der Waals surface area contributed by atoms with Crippen LogP contribution in [0.25, 0.3) is 0 Å². The number of allylic oxidation sites excluding steroid dienone is 1. The molecule has 0 N–H and O–H groups in total. The average molecular weight is 545 g/mol. The van der Waals surface area contributed by atoms with Crippen molar-refractivity contribution >= 4 is 29.5 Å². The lowest BCUT2D eigenvalue weighted by molar-refractivity contribution is -0.177. The maximum absolute atomic E-state index is 14.0. The summed E-state index contributed by atoms with van der Waals surface area (Å²) in [5, 5.41) is 0. The zero-order valence-electron chi connectivity index (χ0n) is 24.0. The van der Waals surface area contributed by atoms with E-state index in [1.54, 1.807) is 6.08 Å². The van der Waals surface area contributed by atoms with Crippen molar-refractivity contribution in [3.05, 3.63) is 11.6 Å². The first kappa shape index (κ1) is 29.5. The number of Topliss-reactive ketones (excluding diaryl/α,β-unsaturated/α-hetero) is 2. The number of hydrogen-bond donors (Lipinski definition) is 0. The van der Waals surface area contributed by atoms with Crippen LogP contribution in [-0.2, 0) is 33.4 Å². The molecule has 0 bridgehead atoms. The minimum absolute atomic E-state index is 0.0214. The van der Waals surface area contributed by atoms with Crippen molar-refractivity contribution in [3.8, 4) is 0 Å². The lowest BCUT2D eigenvalue weighted by atomic mass is 9.46. The quantitative estimate of drug-likeness (QED) is 0.255. The number of ketones is 3. The number of hydrogen-bond acceptors (Lipinski definition) is 8. The maximum Gasteiger partial charge on any atom is 0.509 e. The highest BCUT2D eigenvalue weighted by Crippen LogP contribution is 2.67. The van der Waals surface area contributed by atoms with Crippen molar-refractivity contribution in [1.29, 1.82) is 0 Å². The molecule has 8 heteroatoms. The number of carbonyl (C=O) groups excluding carboxylic acids is 5. The highest BCUT2D eigenvalue weighted by Gasteiger charge is 2.71. The van der Waals surface area contributed by atoms with Gasteiger partial charge in [0.05, 0.1) is 6.61 Å². The van der Waals surface area contributed by atoms with Crippen molar-refractivity contribution in [2.75, 3.05) is 13.2 Å². The summed E-state index contributed by atoms with van der Waals surface area (Å²) in [5.41, 5.74) is -1.83. The van der Waals surface area contributed by atoms with Gasteiger partial charge in [-0.2, -0.15) is 0 Å². The molecule has 8 nitrogen and oxygen atoms in total. The van der Waals surface area contributed by atoms with E-state index in [4.69, 9.17) is 14.2 Å². The summed E-state index contributed by atoms with van der Waals surface area (Å²) >= 11 is 0. The van der Waals surface area contributed by atoms with Gasteiger partial charge >= 0.3 is 12.1 Å². The van der Waals surface area contributed by atoms with Crippen LogP contribution in [-0.4, -0.2) is 48.3 Å². The SMILES string of the molecule is CCCCCOC(=O)O[C@]1(C(=O)COC(=O)CCC)CC[C@H]2[C@@H]3CCC4=CC(=O)CC[C@]4(C)[C@H]3C(=O)C[C@@]21C. The fourth-order valence-electron chi connectivity index (χ4n) is 8.27. The van der Waals surface area contributed by atoms with Gasteiger partial charge in [0.1, 0.15) is 5.78 Å². The highest BCUT2D eigenvalue weighted by molar-refractivity contribution is 5.96. The Bertz CT molecular complexity index is 1050. The normalized spacial score (nSPS) is 35.3. The molecule has 216 valence electrons. The van der Waals surface area contributed by atoms with Gasteiger partial charge in [0.15, 0.2) is 18.0 Å². The Morgan fingerprint density at radius 3 is 2.46 bits per heavy atom. The average Bonchev–Trinajstić information content (AvgIpc) is 3.17. The van der Waals surface area contributed by atoms with E-state index >= 15 is 0 Å². The fourth-order valence-corrected chi connectivity index (χ4v) is 8.27. The van der Waals surface area contributed by atoms with Gasteiger partial charge in [-0.25, -0.2) is 4.79 Å². The van der Waals surface area contributed by atoms with Crippen LogP contribution in [0.1, 0.15) is 105 Å². The topological polar surface area (TPSA) is 113 Å². The molecule has 4 aliphatic carbocycles. The second kappa shape index (κ2) is 11.5. The summed E-state index contributed by atoms with van der Waals surface area (Å²) in [7, 11) is 0. The second-order valence-corrected chi connectivity index (χ2v) is 12.5. The van der Waals surface area contributed by atoms with Crippen LogP contribution in [0.5, 0.6) is 0 Å². The standard InChI is InChI=1S/C31H44O8/c1-5-7-8-16-37-28(36)39-31(25(34)19-38-26(35)9-6-2)15-13-23-22-11-10-20-17-21(32)12-14-29(20,3)27(22)24(33)18-30(23,31)4/h17,22-23,27H,5-16,18-19H2,1-4H3/t22-,23-,27+,29-,30-,31-/m0/s1. The maximum atomic E-state index is 14.0. The second-order valence-electron chi connectivity index (χ2n) is 12.5. The van der Waals surface area contributed by atoms with Crippen LogP contribution in [0.2, 0.25) is 0 Å². The first-order valence-corrected chi connectivity index (χ1v) is 14.8. The van der Waals surface area contributed by atoms with Crippen LogP contribution in [0.4, 0.5) is 4.79 Å². The summed E-state index contributed by atoms with van der Waals surface area (Å²) in [4.78, 5) is 65.1. The van der Waals surface area contributed by atoms with Crippen LogP contribution in [0.15, 0.2) is 11.6 Å². The summed E-state index contributed by atoms with van der Waals surface area (Å²) in [6.45, 7) is 7.61. The van der Waals surface area contributed by atoms with E-state index in [-0.39, 0.29) is 60.6 Å². The molecule has 3 saturated carbocycles. The molecule has 0 radical (unpaired) electrons. The molecule has 0 aromatic heterocycles. The zero-order valence-corrected chi connectivity index (χ0v) is 24.0. The molecule has 0 aliphatic heterocycles. The van der Waals surface area contributed by atoms with Gasteiger partial charge in [0.2, 0.25) is 5.78 Å². The molecule has 0 unspecified atom stereocenters. The largest absolute Gasteiger partial charge is 0.509 e. The molecular formula is C31H44O8. The Morgan fingerprint density at radius 1 is 0.974 bits per heavy atom. The molecule has 4 aliphatic rings. The number of unbranched alkanes of at least 4 members (excludes halogenated alkanes) is 2. The molecule has 0 aromatic rings. The molecule has 3 fully saturated rings. The van der Waals surface area contributed by atoms with E-state index < -0.39 is 35.5 Å². The van der Waals surface area contributed by atoms with Crippen molar-refractivity contribution in [2.45, 2.75) is 110 Å². The number of ether oxygens (including phenoxy) is 3. The predicted molar refractivity (Wildman–Crippen MR) is 143 cm³/mol. The van der Waals surface area contributed by atoms with E-state index in [1.165, 1.54) is 0 Å². The molecule has 0 saturated heterocycles. The van der Waals surface area contributed by atoms with E-state index in [1.807, 2.05) is 20.8 Å². The highest BCUT2D eigenvalue weighted by atomic mass is 16.7. The van der Waals surface area contributed by atoms with Crippen molar-refractivity contribution in [3.63, 3.8) is 0 Å². The van der Waals surface area contributed by atoms with Gasteiger partial charge < -0.3 is 14.2 Å². The van der Waals surface area contributed by atoms with Crippen molar-refractivity contribution in [1.82, 2.24) is 0 Å². The summed E-state index contributed by atoms with van der Waals surface area (Å²) in [5.74, 6) is -1.01. The third-order valence-corrected chi connectivity index (χ3v) is 10.3. The molecular weight excluding hydrogens is 500 g/mol. The van der Waals surface area contributed by atoms with E-state index in [9.17, 15) is 24.0 Å². The van der Waals surface area contributed by atoms with E-state index in [0.29, 0.717) is 32.1 Å². The number of fused-ring (bicyclic) bond motifs is 5. The third-order valence-electron chi connectivity index (χ3n) is 10.3. The monoisotopic (exact) mass is 544 g/mol. The van der Waals surface area contributed by atoms with Gasteiger partial charge in [-0.1, -0.05) is 46.1 Å². The van der Waals surface area contributed by atoms with Gasteiger partial charge in [-0.05, 0) is 68.3 Å². The smallest absolute Gasteiger partial charge is 0.457 e. The lowest BCUT2D eigenvalue weighted by Gasteiger charge is -2.57. The Hall–Kier alpha value is -2.51. The van der Waals surface area contributed by atoms with Crippen molar-refractivity contribution in [2.24, 2.45) is 28.6 Å². The zero-order chi connectivity index (χ0) is 28.4. The molecule has 0 amide bonds. The van der Waals surface area contributed by atoms with Gasteiger partial charge in [0, 0.05) is 30.6 Å². The Morgan fingerprint density at radius 2 is 1.74 bits per heavy atom. The van der Waals surface area contributed by atoms with E-state index in [2.05, 4.69) is 6.92 Å². The number of rotatable bonds is 10. The molecule has 0 spiro atoms. The molecule has 0 aromatic carbocycles. The van der Waals surface area contributed by atoms with Crippen LogP contribution in [0.3, 0.4) is 0 Å². The van der Waals surface area contributed by atoms with Crippen LogP contribution in [0, 0.1) is 28.6 Å². The Labute approximate surface area is 231 Å². The van der Waals surface area contributed by atoms with Crippen molar-refractivity contribution < 1.29 is 38.2 Å². The van der Waals surface area contributed by atoms with Gasteiger partial charge in [0.25, 0.3) is 0 Å². The molecule has 39 heavy (non-hydrogen) atoms. The Kier molecular flexibility index (Phi) is 8.72. The van der Waals surface area contributed by atoms with Crippen LogP contribution < -0.4 is 0 Å². The minimum Gasteiger partial charge on any atom is -0.457 e. The fraction of sp³-hybridized carbons (Fsp3) is 0.774. The first-order valence-electron chi connectivity index (χ1n) is 14.8. The predicted octanol–water partition coefficient (Wildman–Crippen LogP) is 5.69. The number of carbonyl (C=O) groups is 5. The minimum atomic E-state index is -1.60. The summed E-state index contributed by atoms with van der Waals surface area (Å²) in [6, 6.07) is 0.